The average molecular weight is 340 g/mol. The maximum absolute atomic E-state index is 12.7. The first kappa shape index (κ1) is 17.4. The van der Waals surface area contributed by atoms with Gasteiger partial charge in [-0.05, 0) is 31.9 Å². The maximum Gasteiger partial charge on any atom is 0.255 e. The molecule has 3 rings (SSSR count). The van der Waals surface area contributed by atoms with Gasteiger partial charge < -0.3 is 14.4 Å². The van der Waals surface area contributed by atoms with Crippen molar-refractivity contribution < 1.29 is 14.3 Å². The first-order chi connectivity index (χ1) is 12.1. The number of amides is 1. The molecule has 0 radical (unpaired) electrons. The Labute approximate surface area is 148 Å². The lowest BCUT2D eigenvalue weighted by molar-refractivity contribution is 0.0585. The Morgan fingerprint density at radius 1 is 1.20 bits per heavy atom. The zero-order valence-electron chi connectivity index (χ0n) is 14.7. The molecule has 1 unspecified atom stereocenters. The Hall–Kier alpha value is -2.40. The summed E-state index contributed by atoms with van der Waals surface area (Å²) < 4.78 is 11.5. The molecule has 0 bridgehead atoms. The summed E-state index contributed by atoms with van der Waals surface area (Å²) in [6.45, 7) is 5.69. The molecular formula is C20H24N2O3. The lowest BCUT2D eigenvalue weighted by Crippen LogP contribution is -2.33. The Kier molecular flexibility index (Phi) is 5.66. The second-order valence-electron chi connectivity index (χ2n) is 6.40. The summed E-state index contributed by atoms with van der Waals surface area (Å²) in [5.41, 5.74) is 1.74. The van der Waals surface area contributed by atoms with Gasteiger partial charge >= 0.3 is 0 Å². The summed E-state index contributed by atoms with van der Waals surface area (Å²) in [5, 5.41) is 0. The van der Waals surface area contributed by atoms with E-state index in [9.17, 15) is 4.79 Å². The van der Waals surface area contributed by atoms with Crippen LogP contribution in [0.15, 0.2) is 48.7 Å². The van der Waals surface area contributed by atoms with E-state index in [1.165, 1.54) is 0 Å². The molecule has 1 amide bonds. The number of benzene rings is 1. The van der Waals surface area contributed by atoms with E-state index in [0.717, 1.165) is 12.0 Å². The van der Waals surface area contributed by atoms with Crippen molar-refractivity contribution in [3.8, 4) is 5.88 Å². The van der Waals surface area contributed by atoms with Gasteiger partial charge in [0.15, 0.2) is 0 Å². The van der Waals surface area contributed by atoms with Crippen LogP contribution in [0.4, 0.5) is 0 Å². The highest BCUT2D eigenvalue weighted by Crippen LogP contribution is 2.24. The van der Waals surface area contributed by atoms with Crippen LogP contribution in [0.2, 0.25) is 0 Å². The predicted octanol–water partition coefficient (Wildman–Crippen LogP) is 3.47. The monoisotopic (exact) mass is 340 g/mol. The summed E-state index contributed by atoms with van der Waals surface area (Å²) in [6, 6.07) is 13.7. The minimum atomic E-state index is -0.0130. The van der Waals surface area contributed by atoms with Crippen LogP contribution in [0.1, 0.15) is 42.3 Å². The van der Waals surface area contributed by atoms with E-state index >= 15 is 0 Å². The molecule has 0 N–H and O–H groups in total. The van der Waals surface area contributed by atoms with E-state index in [0.29, 0.717) is 31.1 Å². The highest BCUT2D eigenvalue weighted by atomic mass is 16.5. The smallest absolute Gasteiger partial charge is 0.255 e. The number of hydrogen-bond donors (Lipinski definition) is 0. The number of pyridine rings is 1. The predicted molar refractivity (Wildman–Crippen MR) is 95.7 cm³/mol. The lowest BCUT2D eigenvalue weighted by atomic mass is 10.1. The molecule has 25 heavy (non-hydrogen) atoms. The third-order valence-corrected chi connectivity index (χ3v) is 4.14. The fourth-order valence-electron chi connectivity index (χ4n) is 2.91. The maximum atomic E-state index is 12.7. The zero-order valence-corrected chi connectivity index (χ0v) is 14.7. The Balaban J connectivity index is 1.63. The molecule has 1 aromatic carbocycles. The Morgan fingerprint density at radius 2 is 2.00 bits per heavy atom. The fraction of sp³-hybridized carbons (Fsp3) is 0.400. The van der Waals surface area contributed by atoms with Crippen molar-refractivity contribution in [2.75, 3.05) is 19.7 Å². The van der Waals surface area contributed by atoms with Gasteiger partial charge in [-0.3, -0.25) is 4.79 Å². The molecule has 1 atom stereocenters. The standard InChI is InChI=1S/C20H24N2O3/c1-15(2)25-19-9-8-17(14-21-19)20(23)22-11-10-18(24-13-12-22)16-6-4-3-5-7-16/h3-9,14-15,18H,10-13H2,1-2H3. The molecule has 132 valence electrons. The quantitative estimate of drug-likeness (QED) is 0.855. The topological polar surface area (TPSA) is 51.7 Å². The van der Waals surface area contributed by atoms with Crippen molar-refractivity contribution in [1.82, 2.24) is 9.88 Å². The summed E-state index contributed by atoms with van der Waals surface area (Å²) in [6.07, 6.45) is 2.48. The molecule has 1 fully saturated rings. The van der Waals surface area contributed by atoms with E-state index in [1.54, 1.807) is 18.3 Å². The summed E-state index contributed by atoms with van der Waals surface area (Å²) in [5.74, 6) is 0.524. The number of ether oxygens (including phenoxy) is 2. The van der Waals surface area contributed by atoms with Gasteiger partial charge in [-0.2, -0.15) is 0 Å². The normalized spacial score (nSPS) is 18.0. The number of rotatable bonds is 4. The van der Waals surface area contributed by atoms with Gasteiger partial charge in [0.25, 0.3) is 5.91 Å². The van der Waals surface area contributed by atoms with E-state index in [2.05, 4.69) is 17.1 Å². The van der Waals surface area contributed by atoms with Crippen molar-refractivity contribution in [1.29, 1.82) is 0 Å². The van der Waals surface area contributed by atoms with Crippen molar-refractivity contribution in [3.63, 3.8) is 0 Å². The molecule has 0 aliphatic carbocycles. The zero-order chi connectivity index (χ0) is 17.6. The number of aromatic nitrogens is 1. The molecule has 2 heterocycles. The largest absolute Gasteiger partial charge is 0.475 e. The van der Waals surface area contributed by atoms with Gasteiger partial charge in [-0.25, -0.2) is 4.98 Å². The number of hydrogen-bond acceptors (Lipinski definition) is 4. The van der Waals surface area contributed by atoms with Crippen LogP contribution in [0.3, 0.4) is 0 Å². The summed E-state index contributed by atoms with van der Waals surface area (Å²) in [4.78, 5) is 18.8. The van der Waals surface area contributed by atoms with Crippen LogP contribution < -0.4 is 4.74 Å². The molecule has 1 aromatic heterocycles. The van der Waals surface area contributed by atoms with Crippen LogP contribution in [0.5, 0.6) is 5.88 Å². The SMILES string of the molecule is CC(C)Oc1ccc(C(=O)N2CCOC(c3ccccc3)CC2)cn1. The molecule has 0 saturated carbocycles. The van der Waals surface area contributed by atoms with Crippen molar-refractivity contribution in [3.05, 3.63) is 59.8 Å². The molecule has 1 aliphatic heterocycles. The lowest BCUT2D eigenvalue weighted by Gasteiger charge is -2.20. The molecular weight excluding hydrogens is 316 g/mol. The van der Waals surface area contributed by atoms with Crippen LogP contribution in [-0.4, -0.2) is 41.6 Å². The average Bonchev–Trinajstić information content (AvgIpc) is 2.88. The Morgan fingerprint density at radius 3 is 2.68 bits per heavy atom. The van der Waals surface area contributed by atoms with Crippen LogP contribution in [0.25, 0.3) is 0 Å². The minimum absolute atomic E-state index is 0.0130. The van der Waals surface area contributed by atoms with Crippen LogP contribution >= 0.6 is 0 Å². The van der Waals surface area contributed by atoms with Crippen LogP contribution in [0, 0.1) is 0 Å². The molecule has 5 nitrogen and oxygen atoms in total. The van der Waals surface area contributed by atoms with Crippen molar-refractivity contribution in [2.24, 2.45) is 0 Å². The van der Waals surface area contributed by atoms with Gasteiger partial charge in [0, 0.05) is 25.4 Å². The van der Waals surface area contributed by atoms with E-state index < -0.39 is 0 Å². The van der Waals surface area contributed by atoms with Gasteiger partial charge in [0.1, 0.15) is 0 Å². The molecule has 0 spiro atoms. The summed E-state index contributed by atoms with van der Waals surface area (Å²) >= 11 is 0. The van der Waals surface area contributed by atoms with Gasteiger partial charge in [0.05, 0.1) is 24.4 Å². The Bertz CT molecular complexity index is 686. The van der Waals surface area contributed by atoms with Gasteiger partial charge in [0.2, 0.25) is 5.88 Å². The van der Waals surface area contributed by atoms with Gasteiger partial charge in [-0.1, -0.05) is 30.3 Å². The van der Waals surface area contributed by atoms with E-state index in [-0.39, 0.29) is 18.1 Å². The first-order valence-corrected chi connectivity index (χ1v) is 8.72. The second-order valence-corrected chi connectivity index (χ2v) is 6.40. The number of carbonyl (C=O) groups is 1. The van der Waals surface area contributed by atoms with Crippen molar-refractivity contribution >= 4 is 5.91 Å². The number of carbonyl (C=O) groups excluding carboxylic acids is 1. The summed E-state index contributed by atoms with van der Waals surface area (Å²) in [7, 11) is 0. The third-order valence-electron chi connectivity index (χ3n) is 4.14. The van der Waals surface area contributed by atoms with Gasteiger partial charge in [-0.15, -0.1) is 0 Å². The van der Waals surface area contributed by atoms with E-state index in [1.807, 2.05) is 36.9 Å². The molecule has 1 aliphatic rings. The molecule has 1 saturated heterocycles. The van der Waals surface area contributed by atoms with E-state index in [4.69, 9.17) is 9.47 Å². The first-order valence-electron chi connectivity index (χ1n) is 8.72. The van der Waals surface area contributed by atoms with Crippen LogP contribution in [-0.2, 0) is 4.74 Å². The third kappa shape index (κ3) is 4.57. The number of nitrogens with zero attached hydrogens (tertiary/aromatic N) is 2. The fourth-order valence-corrected chi connectivity index (χ4v) is 2.91. The minimum Gasteiger partial charge on any atom is -0.475 e. The highest BCUT2D eigenvalue weighted by Gasteiger charge is 2.23. The highest BCUT2D eigenvalue weighted by molar-refractivity contribution is 5.94. The second kappa shape index (κ2) is 8.12. The van der Waals surface area contributed by atoms with Crippen molar-refractivity contribution in [2.45, 2.75) is 32.5 Å². The molecule has 2 aromatic rings. The molecule has 5 heteroatoms.